The Kier molecular flexibility index (Phi) is 5.93. The standard InChI is InChI=1S/C18H22N2O2S/c1-13-6-7-16(11-14(13)2)20(15(3)21)9-8-19-18(22)12-17-5-4-10-23-17/h4-7,10-11H,8-9,12H2,1-3H3,(H,19,22). The second-order valence-corrected chi connectivity index (χ2v) is 6.58. The van der Waals surface area contributed by atoms with Crippen molar-refractivity contribution in [3.8, 4) is 0 Å². The van der Waals surface area contributed by atoms with Gasteiger partial charge in [-0.15, -0.1) is 11.3 Å². The van der Waals surface area contributed by atoms with Crippen LogP contribution in [0.3, 0.4) is 0 Å². The third-order valence-electron chi connectivity index (χ3n) is 3.75. The van der Waals surface area contributed by atoms with Crippen LogP contribution in [0.15, 0.2) is 35.7 Å². The summed E-state index contributed by atoms with van der Waals surface area (Å²) in [5.74, 6) is -0.0446. The molecule has 0 aliphatic carbocycles. The molecule has 0 radical (unpaired) electrons. The van der Waals surface area contributed by atoms with Gasteiger partial charge in [0.05, 0.1) is 6.42 Å². The fourth-order valence-corrected chi connectivity index (χ4v) is 3.01. The van der Waals surface area contributed by atoms with Gasteiger partial charge in [0, 0.05) is 30.6 Å². The summed E-state index contributed by atoms with van der Waals surface area (Å²) in [5.41, 5.74) is 3.21. The molecule has 0 atom stereocenters. The van der Waals surface area contributed by atoms with Crippen molar-refractivity contribution in [2.75, 3.05) is 18.0 Å². The molecule has 2 amide bonds. The predicted octanol–water partition coefficient (Wildman–Crippen LogP) is 3.08. The molecule has 0 aliphatic heterocycles. The van der Waals surface area contributed by atoms with E-state index < -0.39 is 0 Å². The van der Waals surface area contributed by atoms with Crippen molar-refractivity contribution in [3.05, 3.63) is 51.7 Å². The van der Waals surface area contributed by atoms with Crippen LogP contribution in [0.2, 0.25) is 0 Å². The fraction of sp³-hybridized carbons (Fsp3) is 0.333. The second kappa shape index (κ2) is 7.92. The Balaban J connectivity index is 1.91. The van der Waals surface area contributed by atoms with Crippen LogP contribution in [-0.2, 0) is 16.0 Å². The molecule has 0 spiro atoms. The number of thiophene rings is 1. The van der Waals surface area contributed by atoms with Gasteiger partial charge < -0.3 is 10.2 Å². The monoisotopic (exact) mass is 330 g/mol. The molecule has 0 aliphatic rings. The van der Waals surface area contributed by atoms with Crippen LogP contribution < -0.4 is 10.2 Å². The molecule has 0 saturated carbocycles. The Morgan fingerprint density at radius 1 is 1.17 bits per heavy atom. The van der Waals surface area contributed by atoms with Crippen LogP contribution in [0.4, 0.5) is 5.69 Å². The molecule has 0 bridgehead atoms. The minimum Gasteiger partial charge on any atom is -0.354 e. The maximum Gasteiger partial charge on any atom is 0.225 e. The highest BCUT2D eigenvalue weighted by Crippen LogP contribution is 2.18. The summed E-state index contributed by atoms with van der Waals surface area (Å²) >= 11 is 1.57. The van der Waals surface area contributed by atoms with E-state index in [1.807, 2.05) is 49.6 Å². The molecule has 2 aromatic rings. The number of anilines is 1. The Morgan fingerprint density at radius 2 is 1.96 bits per heavy atom. The Hall–Kier alpha value is -2.14. The molecular formula is C18H22N2O2S. The topological polar surface area (TPSA) is 49.4 Å². The molecule has 122 valence electrons. The molecule has 23 heavy (non-hydrogen) atoms. The zero-order valence-electron chi connectivity index (χ0n) is 13.8. The molecular weight excluding hydrogens is 308 g/mol. The van der Waals surface area contributed by atoms with Gasteiger partial charge in [0.2, 0.25) is 11.8 Å². The highest BCUT2D eigenvalue weighted by atomic mass is 32.1. The molecule has 4 nitrogen and oxygen atoms in total. The SMILES string of the molecule is CC(=O)N(CCNC(=O)Cc1cccs1)c1ccc(C)c(C)c1. The van der Waals surface area contributed by atoms with E-state index in [1.165, 1.54) is 5.56 Å². The first-order valence-electron chi connectivity index (χ1n) is 7.62. The van der Waals surface area contributed by atoms with Crippen LogP contribution in [0.25, 0.3) is 0 Å². The average Bonchev–Trinajstić information content (AvgIpc) is 2.99. The predicted molar refractivity (Wildman–Crippen MR) is 95.0 cm³/mol. The third-order valence-corrected chi connectivity index (χ3v) is 4.63. The lowest BCUT2D eigenvalue weighted by Gasteiger charge is -2.22. The van der Waals surface area contributed by atoms with Crippen molar-refractivity contribution < 1.29 is 9.59 Å². The van der Waals surface area contributed by atoms with Crippen LogP contribution in [0.5, 0.6) is 0 Å². The Morgan fingerprint density at radius 3 is 2.57 bits per heavy atom. The second-order valence-electron chi connectivity index (χ2n) is 5.55. The Bertz CT molecular complexity index is 680. The van der Waals surface area contributed by atoms with Gasteiger partial charge in [0.15, 0.2) is 0 Å². The average molecular weight is 330 g/mol. The maximum atomic E-state index is 11.9. The molecule has 1 N–H and O–H groups in total. The molecule has 1 aromatic carbocycles. The summed E-state index contributed by atoms with van der Waals surface area (Å²) in [6.45, 7) is 6.52. The van der Waals surface area contributed by atoms with Gasteiger partial charge in [-0.25, -0.2) is 0 Å². The van der Waals surface area contributed by atoms with Crippen molar-refractivity contribution in [3.63, 3.8) is 0 Å². The molecule has 0 fully saturated rings. The Labute approximate surface area is 141 Å². The van der Waals surface area contributed by atoms with Crippen LogP contribution >= 0.6 is 11.3 Å². The lowest BCUT2D eigenvalue weighted by molar-refractivity contribution is -0.120. The van der Waals surface area contributed by atoms with Crippen molar-refractivity contribution in [1.29, 1.82) is 0 Å². The zero-order chi connectivity index (χ0) is 16.8. The third kappa shape index (κ3) is 4.93. The summed E-state index contributed by atoms with van der Waals surface area (Å²) in [5, 5.41) is 4.83. The normalized spacial score (nSPS) is 10.4. The molecule has 1 heterocycles. The van der Waals surface area contributed by atoms with Crippen LogP contribution in [0, 0.1) is 13.8 Å². The molecule has 0 saturated heterocycles. The van der Waals surface area contributed by atoms with Gasteiger partial charge in [-0.3, -0.25) is 9.59 Å². The van der Waals surface area contributed by atoms with E-state index in [4.69, 9.17) is 0 Å². The summed E-state index contributed by atoms with van der Waals surface area (Å²) in [7, 11) is 0. The van der Waals surface area contributed by atoms with Crippen LogP contribution in [-0.4, -0.2) is 24.9 Å². The van der Waals surface area contributed by atoms with Crippen molar-refractivity contribution in [1.82, 2.24) is 5.32 Å². The van der Waals surface area contributed by atoms with E-state index in [9.17, 15) is 9.59 Å². The zero-order valence-corrected chi connectivity index (χ0v) is 14.6. The fourth-order valence-electron chi connectivity index (χ4n) is 2.30. The number of aryl methyl sites for hydroxylation is 2. The lowest BCUT2D eigenvalue weighted by atomic mass is 10.1. The smallest absolute Gasteiger partial charge is 0.225 e. The van der Waals surface area contributed by atoms with Gasteiger partial charge in [0.25, 0.3) is 0 Å². The van der Waals surface area contributed by atoms with E-state index >= 15 is 0 Å². The molecule has 2 rings (SSSR count). The summed E-state index contributed by atoms with van der Waals surface area (Å²) in [6.07, 6.45) is 0.390. The minimum atomic E-state index is -0.0271. The molecule has 1 aromatic heterocycles. The van der Waals surface area contributed by atoms with Gasteiger partial charge in [-0.05, 0) is 48.6 Å². The summed E-state index contributed by atoms with van der Waals surface area (Å²) in [6, 6.07) is 9.84. The number of hydrogen-bond donors (Lipinski definition) is 1. The number of benzene rings is 1. The number of nitrogens with zero attached hydrogens (tertiary/aromatic N) is 1. The number of carbonyl (C=O) groups is 2. The van der Waals surface area contributed by atoms with E-state index in [-0.39, 0.29) is 11.8 Å². The van der Waals surface area contributed by atoms with Gasteiger partial charge in [-0.1, -0.05) is 12.1 Å². The number of rotatable bonds is 6. The van der Waals surface area contributed by atoms with E-state index in [0.29, 0.717) is 19.5 Å². The number of carbonyl (C=O) groups excluding carboxylic acids is 2. The summed E-state index contributed by atoms with van der Waals surface area (Å²) in [4.78, 5) is 26.5. The minimum absolute atomic E-state index is 0.0176. The maximum absolute atomic E-state index is 11.9. The van der Waals surface area contributed by atoms with Crippen molar-refractivity contribution in [2.24, 2.45) is 0 Å². The van der Waals surface area contributed by atoms with Gasteiger partial charge in [0.1, 0.15) is 0 Å². The lowest BCUT2D eigenvalue weighted by Crippen LogP contribution is -2.38. The number of hydrogen-bond acceptors (Lipinski definition) is 3. The first-order chi connectivity index (χ1) is 11.0. The molecule has 5 heteroatoms. The molecule has 0 unspecified atom stereocenters. The van der Waals surface area contributed by atoms with Gasteiger partial charge in [-0.2, -0.15) is 0 Å². The highest BCUT2D eigenvalue weighted by Gasteiger charge is 2.12. The van der Waals surface area contributed by atoms with Gasteiger partial charge >= 0.3 is 0 Å². The number of nitrogens with one attached hydrogen (secondary N) is 1. The van der Waals surface area contributed by atoms with E-state index in [1.54, 1.807) is 23.2 Å². The largest absolute Gasteiger partial charge is 0.354 e. The first kappa shape index (κ1) is 17.2. The van der Waals surface area contributed by atoms with Crippen molar-refractivity contribution in [2.45, 2.75) is 27.2 Å². The number of amides is 2. The summed E-state index contributed by atoms with van der Waals surface area (Å²) < 4.78 is 0. The quantitative estimate of drug-likeness (QED) is 0.885. The first-order valence-corrected chi connectivity index (χ1v) is 8.50. The van der Waals surface area contributed by atoms with E-state index in [0.717, 1.165) is 16.1 Å². The highest BCUT2D eigenvalue weighted by molar-refractivity contribution is 7.10. The van der Waals surface area contributed by atoms with Crippen molar-refractivity contribution >= 4 is 28.8 Å². The van der Waals surface area contributed by atoms with E-state index in [2.05, 4.69) is 5.32 Å². The van der Waals surface area contributed by atoms with Crippen LogP contribution in [0.1, 0.15) is 22.9 Å².